The maximum atomic E-state index is 12.1. The lowest BCUT2D eigenvalue weighted by Crippen LogP contribution is -2.48. The van der Waals surface area contributed by atoms with Crippen molar-refractivity contribution in [1.82, 2.24) is 10.6 Å². The zero-order valence-electron chi connectivity index (χ0n) is 12.3. The predicted octanol–water partition coefficient (Wildman–Crippen LogP) is 1.49. The molecule has 0 saturated carbocycles. The Kier molecular flexibility index (Phi) is 5.56. The second-order valence-electron chi connectivity index (χ2n) is 5.67. The van der Waals surface area contributed by atoms with Crippen molar-refractivity contribution in [2.24, 2.45) is 5.92 Å². The molecule has 0 aliphatic carbocycles. The van der Waals surface area contributed by atoms with E-state index in [1.54, 1.807) is 0 Å². The summed E-state index contributed by atoms with van der Waals surface area (Å²) in [6.45, 7) is 6.88. The zero-order valence-corrected chi connectivity index (χ0v) is 12.3. The van der Waals surface area contributed by atoms with Gasteiger partial charge in [0.1, 0.15) is 0 Å². The lowest BCUT2D eigenvalue weighted by Gasteiger charge is -2.25. The summed E-state index contributed by atoms with van der Waals surface area (Å²) in [5, 5.41) is 6.21. The van der Waals surface area contributed by atoms with Crippen LogP contribution in [0.3, 0.4) is 0 Å². The topological polar surface area (TPSA) is 50.4 Å². The van der Waals surface area contributed by atoms with Gasteiger partial charge in [0.15, 0.2) is 0 Å². The number of carbonyl (C=O) groups excluding carboxylic acids is 1. The molecule has 1 aliphatic rings. The molecule has 1 atom stereocenters. The lowest BCUT2D eigenvalue weighted by atomic mass is 9.95. The highest BCUT2D eigenvalue weighted by Gasteiger charge is 2.23. The van der Waals surface area contributed by atoms with Crippen LogP contribution in [0.2, 0.25) is 0 Å². The van der Waals surface area contributed by atoms with Crippen LogP contribution in [-0.4, -0.2) is 31.7 Å². The molecule has 0 unspecified atom stereocenters. The zero-order chi connectivity index (χ0) is 14.4. The molecule has 0 aromatic heterocycles. The average Bonchev–Trinajstić information content (AvgIpc) is 2.46. The van der Waals surface area contributed by atoms with Gasteiger partial charge in [0.25, 0.3) is 0 Å². The second kappa shape index (κ2) is 7.41. The summed E-state index contributed by atoms with van der Waals surface area (Å²) in [6.07, 6.45) is 0.759. The minimum absolute atomic E-state index is 0.0626. The first kappa shape index (κ1) is 15.0. The van der Waals surface area contributed by atoms with E-state index in [1.165, 1.54) is 11.1 Å². The Morgan fingerprint density at radius 2 is 2.15 bits per heavy atom. The second-order valence-corrected chi connectivity index (χ2v) is 5.67. The van der Waals surface area contributed by atoms with Crippen molar-refractivity contribution in [2.45, 2.75) is 32.9 Å². The fourth-order valence-corrected chi connectivity index (χ4v) is 2.33. The smallest absolute Gasteiger partial charge is 0.237 e. The number of rotatable bonds is 6. The Labute approximate surface area is 120 Å². The van der Waals surface area contributed by atoms with E-state index in [2.05, 4.69) is 36.6 Å². The summed E-state index contributed by atoms with van der Waals surface area (Å²) in [6, 6.07) is 8.14. The molecule has 1 aromatic carbocycles. The summed E-state index contributed by atoms with van der Waals surface area (Å²) in [5.41, 5.74) is 2.55. The number of ether oxygens (including phenoxy) is 1. The molecule has 110 valence electrons. The van der Waals surface area contributed by atoms with E-state index in [1.807, 2.05) is 12.1 Å². The largest absolute Gasteiger partial charge is 0.379 e. The normalized spacial score (nSPS) is 17.9. The number of hydrogen-bond donors (Lipinski definition) is 2. The van der Waals surface area contributed by atoms with Crippen LogP contribution in [0.15, 0.2) is 24.3 Å². The lowest BCUT2D eigenvalue weighted by molar-refractivity contribution is -0.123. The van der Waals surface area contributed by atoms with E-state index in [4.69, 9.17) is 4.74 Å². The first-order valence-electron chi connectivity index (χ1n) is 7.32. The minimum Gasteiger partial charge on any atom is -0.379 e. The fourth-order valence-electron chi connectivity index (χ4n) is 2.33. The third kappa shape index (κ3) is 4.32. The van der Waals surface area contributed by atoms with Crippen LogP contribution in [-0.2, 0) is 22.5 Å². The molecule has 0 saturated heterocycles. The molecule has 1 amide bonds. The molecule has 0 fully saturated rings. The van der Waals surface area contributed by atoms with Crippen LogP contribution < -0.4 is 10.6 Å². The Morgan fingerprint density at radius 3 is 2.90 bits per heavy atom. The number of hydrogen-bond acceptors (Lipinski definition) is 3. The van der Waals surface area contributed by atoms with Crippen LogP contribution >= 0.6 is 0 Å². The third-order valence-corrected chi connectivity index (χ3v) is 3.39. The Morgan fingerprint density at radius 1 is 1.40 bits per heavy atom. The first-order valence-corrected chi connectivity index (χ1v) is 7.32. The van der Waals surface area contributed by atoms with Gasteiger partial charge in [-0.25, -0.2) is 0 Å². The summed E-state index contributed by atoms with van der Waals surface area (Å²) >= 11 is 0. The number of nitrogens with one attached hydrogen (secondary N) is 2. The molecular formula is C16H24N2O2. The number of carbonyl (C=O) groups is 1. The van der Waals surface area contributed by atoms with E-state index in [0.717, 1.165) is 19.6 Å². The van der Waals surface area contributed by atoms with E-state index in [0.29, 0.717) is 19.1 Å². The molecule has 2 N–H and O–H groups in total. The number of amides is 1. The first-order chi connectivity index (χ1) is 9.66. The van der Waals surface area contributed by atoms with Gasteiger partial charge in [0, 0.05) is 19.7 Å². The minimum atomic E-state index is -0.130. The molecule has 1 aromatic rings. The van der Waals surface area contributed by atoms with E-state index in [9.17, 15) is 4.79 Å². The standard InChI is InChI=1S/C16H24N2O2/c1-12(2)11-20-8-7-17-16(19)15-9-13-5-3-4-6-14(13)10-18-15/h3-6,12,15,18H,7-11H2,1-2H3,(H,17,19)/t15-/m0/s1. The maximum Gasteiger partial charge on any atom is 0.237 e. The van der Waals surface area contributed by atoms with Gasteiger partial charge in [-0.15, -0.1) is 0 Å². The molecule has 20 heavy (non-hydrogen) atoms. The van der Waals surface area contributed by atoms with Crippen LogP contribution in [0.4, 0.5) is 0 Å². The van der Waals surface area contributed by atoms with Crippen LogP contribution in [0, 0.1) is 5.92 Å². The Bertz CT molecular complexity index is 446. The Balaban J connectivity index is 1.72. The van der Waals surface area contributed by atoms with E-state index >= 15 is 0 Å². The average molecular weight is 276 g/mol. The predicted molar refractivity (Wildman–Crippen MR) is 79.4 cm³/mol. The van der Waals surface area contributed by atoms with Gasteiger partial charge in [-0.1, -0.05) is 38.1 Å². The summed E-state index contributed by atoms with van der Waals surface area (Å²) < 4.78 is 5.45. The number of fused-ring (bicyclic) bond motifs is 1. The number of benzene rings is 1. The molecule has 1 aliphatic heterocycles. The van der Waals surface area contributed by atoms with Crippen molar-refractivity contribution in [3.05, 3.63) is 35.4 Å². The summed E-state index contributed by atoms with van der Waals surface area (Å²) in [4.78, 5) is 12.1. The third-order valence-electron chi connectivity index (χ3n) is 3.39. The maximum absolute atomic E-state index is 12.1. The molecule has 0 bridgehead atoms. The van der Waals surface area contributed by atoms with Crippen molar-refractivity contribution < 1.29 is 9.53 Å². The summed E-state index contributed by atoms with van der Waals surface area (Å²) in [7, 11) is 0. The Hall–Kier alpha value is -1.39. The van der Waals surface area contributed by atoms with Crippen molar-refractivity contribution in [3.8, 4) is 0 Å². The van der Waals surface area contributed by atoms with Gasteiger partial charge in [-0.05, 0) is 23.5 Å². The van der Waals surface area contributed by atoms with Gasteiger partial charge in [-0.3, -0.25) is 4.79 Å². The monoisotopic (exact) mass is 276 g/mol. The molecule has 4 nitrogen and oxygen atoms in total. The highest BCUT2D eigenvalue weighted by atomic mass is 16.5. The fraction of sp³-hybridized carbons (Fsp3) is 0.562. The molecule has 4 heteroatoms. The van der Waals surface area contributed by atoms with Gasteiger partial charge in [-0.2, -0.15) is 0 Å². The highest BCUT2D eigenvalue weighted by Crippen LogP contribution is 2.16. The highest BCUT2D eigenvalue weighted by molar-refractivity contribution is 5.82. The molecular weight excluding hydrogens is 252 g/mol. The molecule has 2 rings (SSSR count). The van der Waals surface area contributed by atoms with E-state index in [-0.39, 0.29) is 11.9 Å². The molecule has 1 heterocycles. The van der Waals surface area contributed by atoms with Gasteiger partial charge in [0.2, 0.25) is 5.91 Å². The van der Waals surface area contributed by atoms with Crippen LogP contribution in [0.5, 0.6) is 0 Å². The van der Waals surface area contributed by atoms with Crippen molar-refractivity contribution >= 4 is 5.91 Å². The van der Waals surface area contributed by atoms with Crippen LogP contribution in [0.1, 0.15) is 25.0 Å². The molecule has 0 radical (unpaired) electrons. The van der Waals surface area contributed by atoms with Crippen LogP contribution in [0.25, 0.3) is 0 Å². The quantitative estimate of drug-likeness (QED) is 0.774. The SMILES string of the molecule is CC(C)COCCNC(=O)[C@@H]1Cc2ccccc2CN1. The van der Waals surface area contributed by atoms with Gasteiger partial charge in [0.05, 0.1) is 12.6 Å². The molecule has 0 spiro atoms. The summed E-state index contributed by atoms with van der Waals surface area (Å²) in [5.74, 6) is 0.592. The van der Waals surface area contributed by atoms with Crippen molar-refractivity contribution in [2.75, 3.05) is 19.8 Å². The van der Waals surface area contributed by atoms with Gasteiger partial charge >= 0.3 is 0 Å². The van der Waals surface area contributed by atoms with Crippen molar-refractivity contribution in [1.29, 1.82) is 0 Å². The van der Waals surface area contributed by atoms with E-state index < -0.39 is 0 Å². The van der Waals surface area contributed by atoms with Gasteiger partial charge < -0.3 is 15.4 Å². The van der Waals surface area contributed by atoms with Crippen molar-refractivity contribution in [3.63, 3.8) is 0 Å².